The Hall–Kier alpha value is -2.31. The van der Waals surface area contributed by atoms with E-state index in [4.69, 9.17) is 0 Å². The Balaban J connectivity index is 1.61. The maximum atomic E-state index is 12.9. The van der Waals surface area contributed by atoms with Crippen molar-refractivity contribution in [3.63, 3.8) is 0 Å². The summed E-state index contributed by atoms with van der Waals surface area (Å²) in [5, 5.41) is 32.7. The molecule has 2 aliphatic heterocycles. The van der Waals surface area contributed by atoms with E-state index < -0.39 is 23.3 Å². The van der Waals surface area contributed by atoms with Crippen molar-refractivity contribution in [2.75, 3.05) is 38.3 Å². The number of aliphatic carboxylic acids is 1. The van der Waals surface area contributed by atoms with Gasteiger partial charge in [-0.05, 0) is 48.8 Å². The maximum absolute atomic E-state index is 12.9. The zero-order chi connectivity index (χ0) is 27.1. The van der Waals surface area contributed by atoms with Crippen LogP contribution in [0.2, 0.25) is 0 Å². The fourth-order valence-corrected chi connectivity index (χ4v) is 6.88. The van der Waals surface area contributed by atoms with Crippen LogP contribution in [-0.4, -0.2) is 88.7 Å². The number of likely N-dealkylation sites (N-methyl/N-ethyl adjacent to an activating group) is 1. The van der Waals surface area contributed by atoms with Gasteiger partial charge in [-0.2, -0.15) is 0 Å². The lowest BCUT2D eigenvalue weighted by Gasteiger charge is -2.50. The zero-order valence-electron chi connectivity index (χ0n) is 21.4. The van der Waals surface area contributed by atoms with Gasteiger partial charge in [-0.15, -0.1) is 23.5 Å². The highest BCUT2D eigenvalue weighted by Crippen LogP contribution is 2.40. The summed E-state index contributed by atoms with van der Waals surface area (Å²) in [5.74, 6) is -1.63. The molecular weight excluding hydrogens is 514 g/mol. The van der Waals surface area contributed by atoms with E-state index in [1.54, 1.807) is 6.08 Å². The number of carbonyl (C=O) groups is 3. The maximum Gasteiger partial charge on any atom is 0.253 e. The molecule has 11 heteroatoms. The average molecular weight is 550 g/mol. The van der Waals surface area contributed by atoms with Crippen LogP contribution in [0.15, 0.2) is 46.5 Å². The number of hydrogen-bond acceptors (Lipinski definition) is 8. The van der Waals surface area contributed by atoms with Gasteiger partial charge in [-0.1, -0.05) is 12.1 Å². The predicted octanol–water partition coefficient (Wildman–Crippen LogP) is -0.996. The third-order valence-electron chi connectivity index (χ3n) is 6.48. The topological polar surface area (TPSA) is 134 Å². The van der Waals surface area contributed by atoms with E-state index in [-0.39, 0.29) is 36.6 Å². The molecule has 1 fully saturated rings. The molecule has 2 aliphatic rings. The standard InChI is InChI=1S/C26H35N3O6S2/c1-16-11-17(2)13-20(12-16)36-15-21(32)27-22-24(33)29-23(26(34)35)18(14-37-25(22)29)5-4-8-28(3)19(6-9-30)7-10-31/h4-5,11-13,19,22,25,30-31H,6-10,14-15H2,1-3H3,(H,27,32)(H,34,35)/b5-4+/t22-,25-/m1/s1. The van der Waals surface area contributed by atoms with E-state index in [1.807, 2.05) is 39.1 Å². The highest BCUT2D eigenvalue weighted by atomic mass is 32.2. The van der Waals surface area contributed by atoms with E-state index in [0.29, 0.717) is 30.7 Å². The van der Waals surface area contributed by atoms with Gasteiger partial charge in [0.05, 0.1) is 37.1 Å². The first kappa shape index (κ1) is 29.2. The number of β-lactam (4-membered cyclic amide) rings is 1. The largest absolute Gasteiger partial charge is 0.543 e. The first-order chi connectivity index (χ1) is 17.7. The van der Waals surface area contributed by atoms with Crippen LogP contribution < -0.4 is 15.3 Å². The molecule has 1 aromatic rings. The lowest BCUT2D eigenvalue weighted by molar-refractivity contribution is -0.901. The fraction of sp³-hybridized carbons (Fsp3) is 0.500. The van der Waals surface area contributed by atoms with Crippen molar-refractivity contribution in [1.82, 2.24) is 10.2 Å². The smallest absolute Gasteiger partial charge is 0.253 e. The number of nitrogens with one attached hydrogen (secondary N) is 2. The Morgan fingerprint density at radius 3 is 2.49 bits per heavy atom. The summed E-state index contributed by atoms with van der Waals surface area (Å²) >= 11 is 2.80. The van der Waals surface area contributed by atoms with Crippen LogP contribution in [0, 0.1) is 13.8 Å². The number of carbonyl (C=O) groups excluding carboxylic acids is 3. The van der Waals surface area contributed by atoms with E-state index in [1.165, 1.54) is 28.4 Å². The molecule has 3 rings (SSSR count). The highest BCUT2D eigenvalue weighted by Gasteiger charge is 2.52. The number of amides is 2. The second-order valence-corrected chi connectivity index (χ2v) is 11.6. The lowest BCUT2D eigenvalue weighted by atomic mass is 10.0. The summed E-state index contributed by atoms with van der Waals surface area (Å²) in [6, 6.07) is 5.37. The van der Waals surface area contributed by atoms with Gasteiger partial charge in [0.25, 0.3) is 5.91 Å². The second-order valence-electron chi connectivity index (χ2n) is 9.40. The van der Waals surface area contributed by atoms with Gasteiger partial charge in [-0.25, -0.2) is 0 Å². The molecule has 4 N–H and O–H groups in total. The van der Waals surface area contributed by atoms with Crippen molar-refractivity contribution < 1.29 is 34.6 Å². The zero-order valence-corrected chi connectivity index (χ0v) is 23.0. The number of aryl methyl sites for hydroxylation is 2. The molecule has 3 atom stereocenters. The summed E-state index contributed by atoms with van der Waals surface area (Å²) in [4.78, 5) is 40.6. The lowest BCUT2D eigenvalue weighted by Crippen LogP contribution is -3.13. The minimum absolute atomic E-state index is 0.0306. The molecule has 9 nitrogen and oxygen atoms in total. The van der Waals surface area contributed by atoms with Crippen LogP contribution in [0.4, 0.5) is 0 Å². The Kier molecular flexibility index (Phi) is 10.7. The van der Waals surface area contributed by atoms with Crippen molar-refractivity contribution in [3.05, 3.63) is 52.7 Å². The van der Waals surface area contributed by atoms with Crippen LogP contribution in [0.3, 0.4) is 0 Å². The van der Waals surface area contributed by atoms with Gasteiger partial charge in [-0.3, -0.25) is 14.5 Å². The summed E-state index contributed by atoms with van der Waals surface area (Å²) in [6.07, 6.45) is 4.66. The molecule has 1 saturated heterocycles. The average Bonchev–Trinajstić information content (AvgIpc) is 2.84. The Morgan fingerprint density at radius 1 is 1.24 bits per heavy atom. The number of nitrogens with zero attached hydrogens (tertiary/aromatic N) is 1. The molecule has 1 unspecified atom stereocenters. The van der Waals surface area contributed by atoms with E-state index in [9.17, 15) is 29.7 Å². The number of allylic oxidation sites excluding steroid dienone is 1. The van der Waals surface area contributed by atoms with Crippen molar-refractivity contribution in [1.29, 1.82) is 0 Å². The molecule has 0 spiro atoms. The molecule has 0 saturated carbocycles. The third kappa shape index (κ3) is 7.38. The molecule has 37 heavy (non-hydrogen) atoms. The molecular formula is C26H35N3O6S2. The first-order valence-electron chi connectivity index (χ1n) is 12.3. The third-order valence-corrected chi connectivity index (χ3v) is 8.76. The Labute approximate surface area is 226 Å². The van der Waals surface area contributed by atoms with Gasteiger partial charge >= 0.3 is 0 Å². The van der Waals surface area contributed by atoms with Gasteiger partial charge in [0.15, 0.2) is 0 Å². The SMILES string of the molecule is Cc1cc(C)cc(SCC(=O)N[C@@H]2C(=O)N3C(C(=O)[O-])=C(/C=C/C[NH+](C)C(CCO)CCO)CS[C@H]23)c1. The summed E-state index contributed by atoms with van der Waals surface area (Å²) in [5.41, 5.74) is 2.56. The second kappa shape index (κ2) is 13.5. The molecule has 0 aromatic heterocycles. The Bertz CT molecular complexity index is 1050. The van der Waals surface area contributed by atoms with Crippen LogP contribution in [0.5, 0.6) is 0 Å². The van der Waals surface area contributed by atoms with Crippen molar-refractivity contribution >= 4 is 41.3 Å². The molecule has 2 amide bonds. The predicted molar refractivity (Wildman–Crippen MR) is 142 cm³/mol. The van der Waals surface area contributed by atoms with E-state index in [0.717, 1.165) is 20.9 Å². The Morgan fingerprint density at radius 2 is 1.89 bits per heavy atom. The van der Waals surface area contributed by atoms with Gasteiger partial charge in [0, 0.05) is 36.7 Å². The van der Waals surface area contributed by atoms with Gasteiger partial charge in [0.2, 0.25) is 5.91 Å². The number of thioether (sulfide) groups is 2. The summed E-state index contributed by atoms with van der Waals surface area (Å²) < 4.78 is 0. The highest BCUT2D eigenvalue weighted by molar-refractivity contribution is 8.00. The number of carboxylic acid groups (broad SMARTS) is 1. The monoisotopic (exact) mass is 549 g/mol. The molecule has 0 aliphatic carbocycles. The number of hydrogen-bond donors (Lipinski definition) is 4. The normalized spacial score (nSPS) is 20.3. The quantitative estimate of drug-likeness (QED) is 0.182. The van der Waals surface area contributed by atoms with Gasteiger partial charge < -0.3 is 30.3 Å². The van der Waals surface area contributed by atoms with Crippen molar-refractivity contribution in [3.8, 4) is 0 Å². The number of rotatable bonds is 13. The minimum Gasteiger partial charge on any atom is -0.543 e. The number of benzene rings is 1. The van der Waals surface area contributed by atoms with Gasteiger partial charge in [0.1, 0.15) is 11.4 Å². The van der Waals surface area contributed by atoms with Crippen LogP contribution in [0.1, 0.15) is 24.0 Å². The number of carboxylic acids is 1. The first-order valence-corrected chi connectivity index (χ1v) is 14.3. The number of fused-ring (bicyclic) bond motifs is 1. The van der Waals surface area contributed by atoms with E-state index in [2.05, 4.69) is 11.4 Å². The number of aliphatic hydroxyl groups excluding tert-OH is 2. The molecule has 0 radical (unpaired) electrons. The van der Waals surface area contributed by atoms with Crippen molar-refractivity contribution in [2.45, 2.75) is 49.0 Å². The van der Waals surface area contributed by atoms with Crippen LogP contribution in [-0.2, 0) is 14.4 Å². The fourth-order valence-electron chi connectivity index (χ4n) is 4.64. The number of aliphatic hydroxyl groups is 2. The molecule has 1 aromatic carbocycles. The molecule has 202 valence electrons. The number of quaternary nitrogens is 1. The van der Waals surface area contributed by atoms with Crippen LogP contribution in [0.25, 0.3) is 0 Å². The summed E-state index contributed by atoms with van der Waals surface area (Å²) in [7, 11) is 1.95. The van der Waals surface area contributed by atoms with Crippen molar-refractivity contribution in [2.24, 2.45) is 0 Å². The van der Waals surface area contributed by atoms with E-state index >= 15 is 0 Å². The summed E-state index contributed by atoms with van der Waals surface area (Å²) in [6.45, 7) is 4.62. The molecule has 2 heterocycles. The minimum atomic E-state index is -1.42. The molecule has 0 bridgehead atoms. The van der Waals surface area contributed by atoms with Crippen LogP contribution >= 0.6 is 23.5 Å².